The number of benzene rings is 1. The van der Waals surface area contributed by atoms with Crippen molar-refractivity contribution in [1.29, 1.82) is 0 Å². The van der Waals surface area contributed by atoms with E-state index < -0.39 is 16.1 Å². The van der Waals surface area contributed by atoms with E-state index >= 15 is 0 Å². The molecule has 1 aromatic heterocycles. The van der Waals surface area contributed by atoms with Crippen molar-refractivity contribution in [2.75, 3.05) is 6.54 Å². The molecule has 0 N–H and O–H groups in total. The number of sulfonamides is 1. The Morgan fingerprint density at radius 2 is 1.90 bits per heavy atom. The van der Waals surface area contributed by atoms with Gasteiger partial charge >= 0.3 is 0 Å². The molecule has 0 spiro atoms. The first-order chi connectivity index (χ1) is 10.00. The summed E-state index contributed by atoms with van der Waals surface area (Å²) >= 11 is 0. The number of nitrogens with zero attached hydrogens (tertiary/aromatic N) is 1. The van der Waals surface area contributed by atoms with Gasteiger partial charge in [-0.3, -0.25) is 4.79 Å². The smallest absolute Gasteiger partial charge is 0.244 e. The topological polar surface area (TPSA) is 67.6 Å². The molecule has 1 aliphatic heterocycles. The van der Waals surface area contributed by atoms with Crippen molar-refractivity contribution in [3.8, 4) is 0 Å². The number of aryl methyl sites for hydroxylation is 1. The summed E-state index contributed by atoms with van der Waals surface area (Å²) in [5, 5.41) is 0. The molecule has 3 rings (SSSR count). The van der Waals surface area contributed by atoms with Gasteiger partial charge in [-0.25, -0.2) is 8.42 Å². The zero-order chi connectivity index (χ0) is 15.0. The molecule has 0 unspecified atom stereocenters. The van der Waals surface area contributed by atoms with Gasteiger partial charge in [-0.1, -0.05) is 17.7 Å². The van der Waals surface area contributed by atoms with Crippen LogP contribution in [-0.2, 0) is 14.8 Å². The van der Waals surface area contributed by atoms with Crippen LogP contribution in [0, 0.1) is 6.92 Å². The van der Waals surface area contributed by atoms with Crippen molar-refractivity contribution in [2.24, 2.45) is 0 Å². The Morgan fingerprint density at radius 3 is 2.52 bits per heavy atom. The van der Waals surface area contributed by atoms with E-state index in [0.29, 0.717) is 5.76 Å². The van der Waals surface area contributed by atoms with Gasteiger partial charge in [0.1, 0.15) is 11.8 Å². The van der Waals surface area contributed by atoms with Gasteiger partial charge in [-0.15, -0.1) is 0 Å². The summed E-state index contributed by atoms with van der Waals surface area (Å²) in [6.07, 6.45) is 1.65. The molecule has 0 radical (unpaired) electrons. The number of hydrogen-bond acceptors (Lipinski definition) is 4. The first-order valence-electron chi connectivity index (χ1n) is 6.65. The minimum Gasteiger partial charge on any atom is -0.467 e. The normalized spacial score (nSPS) is 20.0. The number of carbonyl (C=O) groups excluding carboxylic acids is 1. The summed E-state index contributed by atoms with van der Waals surface area (Å²) < 4.78 is 31.9. The maximum Gasteiger partial charge on any atom is 0.244 e. The third-order valence-corrected chi connectivity index (χ3v) is 5.49. The van der Waals surface area contributed by atoms with Gasteiger partial charge in [0, 0.05) is 13.0 Å². The molecule has 0 aliphatic carbocycles. The Kier molecular flexibility index (Phi) is 3.43. The van der Waals surface area contributed by atoms with Gasteiger partial charge < -0.3 is 4.42 Å². The van der Waals surface area contributed by atoms with E-state index in [1.807, 2.05) is 6.92 Å². The highest BCUT2D eigenvalue weighted by Gasteiger charge is 2.43. The molecule has 0 amide bonds. The Labute approximate surface area is 123 Å². The summed E-state index contributed by atoms with van der Waals surface area (Å²) in [6.45, 7) is 2.07. The fraction of sp³-hybridized carbons (Fsp3) is 0.267. The van der Waals surface area contributed by atoms with E-state index in [9.17, 15) is 13.2 Å². The second-order valence-electron chi connectivity index (χ2n) is 5.06. The van der Waals surface area contributed by atoms with Gasteiger partial charge in [-0.2, -0.15) is 4.31 Å². The highest BCUT2D eigenvalue weighted by Crippen LogP contribution is 2.34. The quantitative estimate of drug-likeness (QED) is 0.872. The lowest BCUT2D eigenvalue weighted by Gasteiger charge is -2.21. The number of Topliss-reactive ketones (excluding diaryl/α,β-unsaturated/α-hetero) is 1. The van der Waals surface area contributed by atoms with Gasteiger partial charge in [0.15, 0.2) is 5.78 Å². The van der Waals surface area contributed by atoms with Crippen molar-refractivity contribution in [2.45, 2.75) is 24.3 Å². The summed E-state index contributed by atoms with van der Waals surface area (Å²) in [5.74, 6) is 0.230. The van der Waals surface area contributed by atoms with E-state index in [4.69, 9.17) is 4.42 Å². The fourth-order valence-corrected chi connectivity index (χ4v) is 4.08. The van der Waals surface area contributed by atoms with Crippen molar-refractivity contribution in [3.63, 3.8) is 0 Å². The van der Waals surface area contributed by atoms with Crippen LogP contribution in [0.4, 0.5) is 0 Å². The molecule has 1 aliphatic rings. The third-order valence-electron chi connectivity index (χ3n) is 3.61. The highest BCUT2D eigenvalue weighted by atomic mass is 32.2. The summed E-state index contributed by atoms with van der Waals surface area (Å²) in [7, 11) is -3.71. The molecule has 110 valence electrons. The van der Waals surface area contributed by atoms with Crippen LogP contribution in [0.2, 0.25) is 0 Å². The van der Waals surface area contributed by atoms with Crippen molar-refractivity contribution in [3.05, 3.63) is 54.0 Å². The van der Waals surface area contributed by atoms with E-state index in [2.05, 4.69) is 0 Å². The zero-order valence-electron chi connectivity index (χ0n) is 11.5. The predicted octanol–water partition coefficient (Wildman–Crippen LogP) is 2.29. The average molecular weight is 305 g/mol. The average Bonchev–Trinajstić information content (AvgIpc) is 3.08. The Morgan fingerprint density at radius 1 is 1.19 bits per heavy atom. The highest BCUT2D eigenvalue weighted by molar-refractivity contribution is 7.89. The van der Waals surface area contributed by atoms with E-state index in [-0.39, 0.29) is 23.6 Å². The molecular formula is C15H15NO4S. The molecular weight excluding hydrogens is 290 g/mol. The molecule has 0 saturated carbocycles. The Bertz CT molecular complexity index is 747. The largest absolute Gasteiger partial charge is 0.467 e. The SMILES string of the molecule is Cc1ccc(S(=O)(=O)N2CCC(=O)[C@@H]2c2ccco2)cc1. The lowest BCUT2D eigenvalue weighted by atomic mass is 10.1. The minimum atomic E-state index is -3.71. The maximum absolute atomic E-state index is 12.7. The first-order valence-corrected chi connectivity index (χ1v) is 8.09. The Hall–Kier alpha value is -1.92. The van der Waals surface area contributed by atoms with Gasteiger partial charge in [0.2, 0.25) is 10.0 Å². The van der Waals surface area contributed by atoms with E-state index in [1.165, 1.54) is 10.6 Å². The number of carbonyl (C=O) groups is 1. The van der Waals surface area contributed by atoms with E-state index in [1.54, 1.807) is 36.4 Å². The van der Waals surface area contributed by atoms with Crippen molar-refractivity contribution >= 4 is 15.8 Å². The van der Waals surface area contributed by atoms with Crippen LogP contribution in [0.25, 0.3) is 0 Å². The molecule has 1 atom stereocenters. The second-order valence-corrected chi connectivity index (χ2v) is 6.95. The molecule has 2 aromatic rings. The summed E-state index contributed by atoms with van der Waals surface area (Å²) in [5.41, 5.74) is 0.981. The zero-order valence-corrected chi connectivity index (χ0v) is 12.3. The Balaban J connectivity index is 2.02. The summed E-state index contributed by atoms with van der Waals surface area (Å²) in [4.78, 5) is 12.2. The van der Waals surface area contributed by atoms with Gasteiger partial charge in [0.25, 0.3) is 0 Å². The first kappa shape index (κ1) is 14.0. The maximum atomic E-state index is 12.7. The standard InChI is InChI=1S/C15H15NO4S/c1-11-4-6-12(7-5-11)21(18,19)16-9-8-13(17)15(16)14-3-2-10-20-14/h2-7,10,15H,8-9H2,1H3/t15-/m1/s1. The minimum absolute atomic E-state index is 0.138. The third kappa shape index (κ3) is 2.41. The van der Waals surface area contributed by atoms with Gasteiger partial charge in [-0.05, 0) is 31.2 Å². The van der Waals surface area contributed by atoms with Crippen LogP contribution < -0.4 is 0 Å². The molecule has 1 saturated heterocycles. The molecule has 2 heterocycles. The molecule has 1 fully saturated rings. The van der Waals surface area contributed by atoms with Crippen LogP contribution in [0.1, 0.15) is 23.8 Å². The molecule has 5 nitrogen and oxygen atoms in total. The van der Waals surface area contributed by atoms with E-state index in [0.717, 1.165) is 5.56 Å². The number of ketones is 1. The molecule has 21 heavy (non-hydrogen) atoms. The van der Waals surface area contributed by atoms with Crippen LogP contribution in [0.3, 0.4) is 0 Å². The van der Waals surface area contributed by atoms with Crippen LogP contribution in [-0.4, -0.2) is 25.1 Å². The fourth-order valence-electron chi connectivity index (χ4n) is 2.50. The van der Waals surface area contributed by atoms with Crippen molar-refractivity contribution in [1.82, 2.24) is 4.31 Å². The lowest BCUT2D eigenvalue weighted by molar-refractivity contribution is -0.119. The van der Waals surface area contributed by atoms with Crippen LogP contribution in [0.15, 0.2) is 52.0 Å². The van der Waals surface area contributed by atoms with Gasteiger partial charge in [0.05, 0.1) is 11.2 Å². The monoisotopic (exact) mass is 305 g/mol. The number of furan rings is 1. The lowest BCUT2D eigenvalue weighted by Crippen LogP contribution is -2.32. The predicted molar refractivity (Wildman–Crippen MR) is 76.1 cm³/mol. The summed E-state index contributed by atoms with van der Waals surface area (Å²) in [6, 6.07) is 9.04. The molecule has 6 heteroatoms. The van der Waals surface area contributed by atoms with Crippen LogP contribution in [0.5, 0.6) is 0 Å². The molecule has 1 aromatic carbocycles. The van der Waals surface area contributed by atoms with Crippen LogP contribution >= 0.6 is 0 Å². The number of rotatable bonds is 3. The molecule has 0 bridgehead atoms. The number of hydrogen-bond donors (Lipinski definition) is 0. The van der Waals surface area contributed by atoms with Crippen molar-refractivity contribution < 1.29 is 17.6 Å². The second kappa shape index (κ2) is 5.13.